The van der Waals surface area contributed by atoms with E-state index in [4.69, 9.17) is 9.72 Å². The molecular weight excluding hydrogens is 973 g/mol. The molecule has 3 amide bonds. The molecule has 0 spiro atoms. The Labute approximate surface area is 441 Å². The van der Waals surface area contributed by atoms with Crippen LogP contribution in [0.2, 0.25) is 0 Å². The molecule has 0 radical (unpaired) electrons. The first-order chi connectivity index (χ1) is 35.9. The number of anilines is 3. The summed E-state index contributed by atoms with van der Waals surface area (Å²) >= 11 is 1.58. The number of hydrogen-bond acceptors (Lipinski definition) is 15. The zero-order chi connectivity index (χ0) is 53.4. The molecule has 6 heterocycles. The number of allylic oxidation sites excluding steroid dienone is 1. The van der Waals surface area contributed by atoms with Gasteiger partial charge in [0.2, 0.25) is 23.7 Å². The normalized spacial score (nSPS) is 16.8. The maximum absolute atomic E-state index is 14.1. The quantitative estimate of drug-likeness (QED) is 0.0432. The predicted molar refractivity (Wildman–Crippen MR) is 291 cm³/mol. The number of thiazole rings is 1. The highest BCUT2D eigenvalue weighted by Crippen LogP contribution is 2.29. The van der Waals surface area contributed by atoms with Crippen molar-refractivity contribution in [3.8, 4) is 16.3 Å². The predicted octanol–water partition coefficient (Wildman–Crippen LogP) is 5.68. The number of piperazine rings is 1. The molecule has 75 heavy (non-hydrogen) atoms. The van der Waals surface area contributed by atoms with Gasteiger partial charge in [0, 0.05) is 76.3 Å². The number of β-amino-alcohol motifs (C(OH)–C–C–N with tert-alkyl or cyclic N) is 1. The van der Waals surface area contributed by atoms with Crippen molar-refractivity contribution < 1.29 is 29.3 Å². The number of aliphatic hydroxyl groups is 2. The first-order valence-corrected chi connectivity index (χ1v) is 26.5. The highest BCUT2D eigenvalue weighted by molar-refractivity contribution is 7.13. The number of pyridine rings is 1. The third-order valence-corrected chi connectivity index (χ3v) is 14.6. The molecule has 8 rings (SSSR count). The van der Waals surface area contributed by atoms with Crippen molar-refractivity contribution >= 4 is 57.4 Å². The number of likely N-dealkylation sites (tertiary alicyclic amines) is 1. The van der Waals surface area contributed by atoms with Crippen molar-refractivity contribution in [1.82, 2.24) is 49.7 Å². The molecule has 0 aliphatic carbocycles. The largest absolute Gasteiger partial charge is 0.391 e. The lowest BCUT2D eigenvalue weighted by Gasteiger charge is -2.36. The summed E-state index contributed by atoms with van der Waals surface area (Å²) in [5.41, 5.74) is 5.35. The minimum atomic E-state index is -1.19. The van der Waals surface area contributed by atoms with Crippen molar-refractivity contribution in [3.63, 3.8) is 0 Å². The van der Waals surface area contributed by atoms with E-state index in [1.165, 1.54) is 15.8 Å². The van der Waals surface area contributed by atoms with E-state index in [1.54, 1.807) is 54.1 Å². The smallest absolute Gasteiger partial charge is 0.278 e. The molecule has 6 aromatic rings. The van der Waals surface area contributed by atoms with E-state index in [9.17, 15) is 29.4 Å². The molecule has 5 N–H and O–H groups in total. The molecule has 0 saturated carbocycles. The molecule has 2 fully saturated rings. The molecule has 2 unspecified atom stereocenters. The molecule has 2 aliphatic heterocycles. The van der Waals surface area contributed by atoms with Gasteiger partial charge in [-0.05, 0) is 93.1 Å². The Kier molecular flexibility index (Phi) is 17.3. The molecule has 4 aromatic heterocycles. The number of unbranched alkanes of at least 4 members (excludes halogenated alkanes) is 1. The lowest BCUT2D eigenvalue weighted by Crippen LogP contribution is -2.57. The summed E-state index contributed by atoms with van der Waals surface area (Å²) in [7, 11) is 0. The Morgan fingerprint density at radius 2 is 1.69 bits per heavy atom. The summed E-state index contributed by atoms with van der Waals surface area (Å²) in [6, 6.07) is 19.5. The second-order valence-electron chi connectivity index (χ2n) is 20.9. The minimum Gasteiger partial charge on any atom is -0.391 e. The van der Waals surface area contributed by atoms with Gasteiger partial charge < -0.3 is 40.7 Å². The van der Waals surface area contributed by atoms with Crippen LogP contribution in [0.3, 0.4) is 0 Å². The minimum absolute atomic E-state index is 0.00715. The van der Waals surface area contributed by atoms with Gasteiger partial charge in [-0.25, -0.2) is 24.3 Å². The number of rotatable bonds is 21. The fourth-order valence-corrected chi connectivity index (χ4v) is 10.2. The Hall–Kier alpha value is -6.84. The number of aromatic nitrogens is 6. The molecule has 2 aromatic carbocycles. The average Bonchev–Trinajstić information content (AvgIpc) is 4.08. The van der Waals surface area contributed by atoms with Crippen molar-refractivity contribution in [2.75, 3.05) is 62.7 Å². The van der Waals surface area contributed by atoms with E-state index in [0.29, 0.717) is 35.1 Å². The summed E-state index contributed by atoms with van der Waals surface area (Å²) < 4.78 is 8.99. The molecule has 19 nitrogen and oxygen atoms in total. The number of amides is 3. The Morgan fingerprint density at radius 1 is 0.947 bits per heavy atom. The van der Waals surface area contributed by atoms with Gasteiger partial charge in [0.05, 0.1) is 41.0 Å². The zero-order valence-corrected chi connectivity index (χ0v) is 44.6. The number of ether oxygens (including phenoxy) is 1. The van der Waals surface area contributed by atoms with Gasteiger partial charge in [-0.2, -0.15) is 4.98 Å². The first-order valence-electron chi connectivity index (χ1n) is 25.6. The molecule has 20 heteroatoms. The molecule has 0 bridgehead atoms. The highest BCUT2D eigenvalue weighted by Gasteiger charge is 2.44. The van der Waals surface area contributed by atoms with E-state index >= 15 is 0 Å². The Morgan fingerprint density at radius 3 is 2.37 bits per heavy atom. The lowest BCUT2D eigenvalue weighted by molar-refractivity contribution is -0.144. The van der Waals surface area contributed by atoms with Gasteiger partial charge in [0.25, 0.3) is 5.56 Å². The van der Waals surface area contributed by atoms with Crippen LogP contribution in [0, 0.1) is 12.3 Å². The Balaban J connectivity index is 0.741. The van der Waals surface area contributed by atoms with Crippen LogP contribution in [0.25, 0.3) is 27.3 Å². The van der Waals surface area contributed by atoms with Crippen LogP contribution in [-0.4, -0.2) is 138 Å². The second-order valence-corrected chi connectivity index (χ2v) is 21.7. The number of aryl methyl sites for hydroxylation is 1. The fourth-order valence-electron chi connectivity index (χ4n) is 9.42. The van der Waals surface area contributed by atoms with E-state index in [2.05, 4.69) is 59.4 Å². The van der Waals surface area contributed by atoms with Gasteiger partial charge in [-0.15, -0.1) is 17.9 Å². The number of aliphatic hydroxyl groups excluding tert-OH is 1. The zero-order valence-electron chi connectivity index (χ0n) is 43.8. The fraction of sp³-hybridized carbons (Fsp3) is 0.455. The number of fused-ring (bicyclic) bond motifs is 1. The summed E-state index contributed by atoms with van der Waals surface area (Å²) in [5.74, 6) is -0.316. The van der Waals surface area contributed by atoms with Gasteiger partial charge in [0.1, 0.15) is 23.1 Å². The topological polar surface area (TPSA) is 225 Å². The van der Waals surface area contributed by atoms with E-state index in [1.807, 2.05) is 69.6 Å². The number of carbonyl (C=O) groups is 3. The second kappa shape index (κ2) is 23.8. The molecule has 398 valence electrons. The van der Waals surface area contributed by atoms with Gasteiger partial charge in [-0.3, -0.25) is 24.1 Å². The monoisotopic (exact) mass is 1040 g/mol. The van der Waals surface area contributed by atoms with Gasteiger partial charge in [-0.1, -0.05) is 57.2 Å². The number of carbonyl (C=O) groups excluding carboxylic acids is 3. The maximum Gasteiger partial charge on any atom is 0.278 e. The van der Waals surface area contributed by atoms with E-state index < -0.39 is 35.1 Å². The summed E-state index contributed by atoms with van der Waals surface area (Å²) in [4.78, 5) is 79.7. The summed E-state index contributed by atoms with van der Waals surface area (Å²) in [5, 5.41) is 30.7. The van der Waals surface area contributed by atoms with Crippen molar-refractivity contribution in [2.45, 2.75) is 104 Å². The maximum atomic E-state index is 14.1. The highest BCUT2D eigenvalue weighted by atomic mass is 32.1. The number of benzene rings is 2. The molecule has 2 saturated heterocycles. The van der Waals surface area contributed by atoms with Crippen LogP contribution in [0.5, 0.6) is 0 Å². The van der Waals surface area contributed by atoms with Crippen LogP contribution in [0.1, 0.15) is 77.3 Å². The van der Waals surface area contributed by atoms with Crippen LogP contribution in [-0.2, 0) is 37.8 Å². The SMILES string of the molecule is C=CCn1c(=O)c2cnc(Nc3ccc(N4CCN(CCCCOCCC(=O)N[C@H](C(=O)N5CC(O)CC5C(=O)NCc5ccc(-c6scnc6C)cc5)C(C)(C)C)CC4)cc3)nc2n1-c1cccc(C(C)(C)O)n1. The van der Waals surface area contributed by atoms with Crippen LogP contribution >= 0.6 is 11.3 Å². The van der Waals surface area contributed by atoms with Gasteiger partial charge in [0.15, 0.2) is 11.5 Å². The van der Waals surface area contributed by atoms with Crippen molar-refractivity contribution in [1.29, 1.82) is 0 Å². The van der Waals surface area contributed by atoms with Gasteiger partial charge >= 0.3 is 0 Å². The average molecular weight is 1040 g/mol. The van der Waals surface area contributed by atoms with E-state index in [-0.39, 0.29) is 56.5 Å². The molecule has 3 atom stereocenters. The van der Waals surface area contributed by atoms with E-state index in [0.717, 1.165) is 78.6 Å². The first kappa shape index (κ1) is 54.4. The van der Waals surface area contributed by atoms with Crippen LogP contribution < -0.4 is 26.4 Å². The van der Waals surface area contributed by atoms with Crippen molar-refractivity contribution in [3.05, 3.63) is 118 Å². The van der Waals surface area contributed by atoms with Crippen molar-refractivity contribution in [2.24, 2.45) is 5.41 Å². The molecule has 2 aliphatic rings. The van der Waals surface area contributed by atoms with Crippen LogP contribution in [0.15, 0.2) is 95.9 Å². The third-order valence-electron chi connectivity index (χ3n) is 13.6. The number of hydrogen-bond donors (Lipinski definition) is 5. The summed E-state index contributed by atoms with van der Waals surface area (Å²) in [6.07, 6.45) is 4.29. The summed E-state index contributed by atoms with van der Waals surface area (Å²) in [6.45, 7) is 20.5. The van der Waals surface area contributed by atoms with Crippen LogP contribution in [0.4, 0.5) is 17.3 Å². The lowest BCUT2D eigenvalue weighted by atomic mass is 9.85. The molecular formula is C55H70N12O7S. The third kappa shape index (κ3) is 13.3. The number of nitrogens with one attached hydrogen (secondary N) is 3. The number of nitrogens with zero attached hydrogens (tertiary/aromatic N) is 9. The Bertz CT molecular complexity index is 3010. The standard InChI is InChI=1S/C55H70N12O7S/c1-8-23-66-51(71)42-33-57-53(62-49(42)67(66)45-13-11-12-44(60-45)55(6,7)73)59-39-18-20-40(21-19-39)64-27-25-63(26-28-64)24-9-10-29-74-30-22-46(69)61-48(54(3,4)5)52(72)65-34-41(68)31-43(65)50(70)56-32-37-14-16-38(17-15-37)47-36(2)58-35-75-47/h8,11-21,33,35,41,43,48,68,73H,1,9-10,22-32,34H2,2-7H3,(H,56,70)(H,61,69)(H,57,59,62)/t41?,43?,48-/m1/s1.